The highest BCUT2D eigenvalue weighted by atomic mass is 16.5. The minimum Gasteiger partial charge on any atom is -0.458 e. The molecule has 0 aromatic carbocycles. The van der Waals surface area contributed by atoms with Crippen LogP contribution in [0.25, 0.3) is 0 Å². The summed E-state index contributed by atoms with van der Waals surface area (Å²) in [6.45, 7) is 7.91. The summed E-state index contributed by atoms with van der Waals surface area (Å²) in [6.07, 6.45) is 3.33. The second-order valence-corrected chi connectivity index (χ2v) is 4.50. The molecule has 1 saturated carbocycles. The first-order valence-electron chi connectivity index (χ1n) is 5.34. The lowest BCUT2D eigenvalue weighted by Gasteiger charge is -2.30. The average molecular weight is 196 g/mol. The highest BCUT2D eigenvalue weighted by Gasteiger charge is 2.26. The molecule has 2 nitrogen and oxygen atoms in total. The summed E-state index contributed by atoms with van der Waals surface area (Å²) in [6, 6.07) is 0. The van der Waals surface area contributed by atoms with Gasteiger partial charge in [0.1, 0.15) is 6.10 Å². The maximum atomic E-state index is 10.9. The number of carbonyl (C=O) groups is 1. The van der Waals surface area contributed by atoms with Gasteiger partial charge in [-0.05, 0) is 44.6 Å². The highest BCUT2D eigenvalue weighted by molar-refractivity contribution is 5.66. The molecule has 0 aliphatic heterocycles. The zero-order valence-corrected chi connectivity index (χ0v) is 9.59. The molecule has 0 heterocycles. The smallest absolute Gasteiger partial charge is 0.303 e. The number of hydrogen-bond acceptors (Lipinski definition) is 2. The van der Waals surface area contributed by atoms with Crippen molar-refractivity contribution in [1.82, 2.24) is 0 Å². The fraction of sp³-hybridized carbons (Fsp3) is 0.750. The third kappa shape index (κ3) is 2.86. The molecule has 1 rings (SSSR count). The van der Waals surface area contributed by atoms with Crippen LogP contribution in [0.5, 0.6) is 0 Å². The normalized spacial score (nSPS) is 27.3. The predicted molar refractivity (Wildman–Crippen MR) is 56.9 cm³/mol. The summed E-state index contributed by atoms with van der Waals surface area (Å²) in [5.41, 5.74) is 2.64. The molecule has 0 radical (unpaired) electrons. The van der Waals surface area contributed by atoms with Crippen molar-refractivity contribution < 1.29 is 9.53 Å². The van der Waals surface area contributed by atoms with Gasteiger partial charge in [-0.1, -0.05) is 12.5 Å². The van der Waals surface area contributed by atoms with Crippen LogP contribution in [0.15, 0.2) is 11.1 Å². The fourth-order valence-corrected chi connectivity index (χ4v) is 2.08. The van der Waals surface area contributed by atoms with E-state index in [-0.39, 0.29) is 12.1 Å². The monoisotopic (exact) mass is 196 g/mol. The van der Waals surface area contributed by atoms with E-state index in [4.69, 9.17) is 4.74 Å². The zero-order valence-electron chi connectivity index (χ0n) is 9.59. The summed E-state index contributed by atoms with van der Waals surface area (Å²) in [5, 5.41) is 0. The molecule has 1 aliphatic carbocycles. The third-order valence-electron chi connectivity index (χ3n) is 2.86. The van der Waals surface area contributed by atoms with Crippen LogP contribution in [0.1, 0.15) is 47.0 Å². The van der Waals surface area contributed by atoms with E-state index in [2.05, 4.69) is 20.8 Å². The van der Waals surface area contributed by atoms with Gasteiger partial charge in [0.25, 0.3) is 0 Å². The highest BCUT2D eigenvalue weighted by Crippen LogP contribution is 2.32. The molecular weight excluding hydrogens is 176 g/mol. The number of rotatable bonds is 1. The quantitative estimate of drug-likeness (QED) is 0.476. The first-order chi connectivity index (χ1) is 6.50. The van der Waals surface area contributed by atoms with Gasteiger partial charge in [0.2, 0.25) is 0 Å². The lowest BCUT2D eigenvalue weighted by Crippen LogP contribution is -2.26. The Morgan fingerprint density at radius 3 is 2.50 bits per heavy atom. The number of hydrogen-bond donors (Lipinski definition) is 0. The lowest BCUT2D eigenvalue weighted by atomic mass is 9.83. The summed E-state index contributed by atoms with van der Waals surface area (Å²) >= 11 is 0. The van der Waals surface area contributed by atoms with Gasteiger partial charge in [-0.15, -0.1) is 0 Å². The van der Waals surface area contributed by atoms with Crippen molar-refractivity contribution in [3.63, 3.8) is 0 Å². The molecule has 0 amide bonds. The van der Waals surface area contributed by atoms with Crippen LogP contribution in [-0.2, 0) is 9.53 Å². The van der Waals surface area contributed by atoms with Crippen molar-refractivity contribution in [2.45, 2.75) is 53.1 Å². The minimum atomic E-state index is -0.164. The van der Waals surface area contributed by atoms with Crippen LogP contribution in [0, 0.1) is 5.92 Å². The molecule has 0 aromatic heterocycles. The van der Waals surface area contributed by atoms with Gasteiger partial charge in [-0.3, -0.25) is 4.79 Å². The minimum absolute atomic E-state index is 0.0428. The van der Waals surface area contributed by atoms with Gasteiger partial charge in [0.15, 0.2) is 0 Å². The van der Waals surface area contributed by atoms with E-state index in [1.165, 1.54) is 24.5 Å². The molecule has 0 N–H and O–H groups in total. The summed E-state index contributed by atoms with van der Waals surface area (Å²) in [7, 11) is 0. The maximum absolute atomic E-state index is 10.9. The van der Waals surface area contributed by atoms with Crippen LogP contribution in [0.2, 0.25) is 0 Å². The molecule has 1 fully saturated rings. The van der Waals surface area contributed by atoms with Gasteiger partial charge >= 0.3 is 5.97 Å². The molecule has 2 heteroatoms. The first kappa shape index (κ1) is 11.3. The van der Waals surface area contributed by atoms with Crippen LogP contribution < -0.4 is 0 Å². The Hall–Kier alpha value is -0.790. The Bertz CT molecular complexity index is 249. The molecule has 0 saturated heterocycles. The zero-order chi connectivity index (χ0) is 10.7. The van der Waals surface area contributed by atoms with Gasteiger partial charge in [-0.25, -0.2) is 0 Å². The van der Waals surface area contributed by atoms with Crippen LogP contribution in [0.3, 0.4) is 0 Å². The Labute approximate surface area is 86.3 Å². The van der Waals surface area contributed by atoms with Crippen molar-refractivity contribution in [3.05, 3.63) is 11.1 Å². The van der Waals surface area contributed by atoms with Crippen molar-refractivity contribution in [1.29, 1.82) is 0 Å². The number of ether oxygens (including phenoxy) is 1. The van der Waals surface area contributed by atoms with E-state index in [9.17, 15) is 4.79 Å². The van der Waals surface area contributed by atoms with Gasteiger partial charge < -0.3 is 4.74 Å². The van der Waals surface area contributed by atoms with Crippen LogP contribution in [-0.4, -0.2) is 12.1 Å². The second kappa shape index (κ2) is 4.63. The summed E-state index contributed by atoms with van der Waals surface area (Å²) in [5.74, 6) is 0.505. The number of allylic oxidation sites excluding steroid dienone is 1. The fourth-order valence-electron chi connectivity index (χ4n) is 2.08. The van der Waals surface area contributed by atoms with Crippen LogP contribution >= 0.6 is 0 Å². The molecule has 0 bridgehead atoms. The van der Waals surface area contributed by atoms with Crippen molar-refractivity contribution in [2.24, 2.45) is 5.92 Å². The largest absolute Gasteiger partial charge is 0.458 e. The molecule has 2 atom stereocenters. The Morgan fingerprint density at radius 2 is 2.00 bits per heavy atom. The standard InChI is InChI=1S/C12H20O2/c1-8(2)11-6-5-9(3)7-12(11)14-10(4)13/h9,12H,5-7H2,1-4H3/t9-,12-/m1/s1. The Morgan fingerprint density at radius 1 is 1.36 bits per heavy atom. The van der Waals surface area contributed by atoms with E-state index in [0.29, 0.717) is 5.92 Å². The van der Waals surface area contributed by atoms with Gasteiger partial charge in [-0.2, -0.15) is 0 Å². The SMILES string of the molecule is CC(=O)O[C@@H]1C[C@H](C)CCC1=C(C)C. The first-order valence-corrected chi connectivity index (χ1v) is 5.34. The lowest BCUT2D eigenvalue weighted by molar-refractivity contribution is -0.145. The van der Waals surface area contributed by atoms with Crippen molar-refractivity contribution in [2.75, 3.05) is 0 Å². The van der Waals surface area contributed by atoms with Gasteiger partial charge in [0.05, 0.1) is 0 Å². The molecule has 80 valence electrons. The van der Waals surface area contributed by atoms with Gasteiger partial charge in [0, 0.05) is 6.92 Å². The van der Waals surface area contributed by atoms with Crippen LogP contribution in [0.4, 0.5) is 0 Å². The van der Waals surface area contributed by atoms with E-state index in [1.807, 2.05) is 0 Å². The summed E-state index contributed by atoms with van der Waals surface area (Å²) < 4.78 is 5.34. The Balaban J connectivity index is 2.74. The molecule has 1 aliphatic rings. The van der Waals surface area contributed by atoms with E-state index >= 15 is 0 Å². The van der Waals surface area contributed by atoms with Crippen molar-refractivity contribution in [3.8, 4) is 0 Å². The topological polar surface area (TPSA) is 26.3 Å². The van der Waals surface area contributed by atoms with E-state index < -0.39 is 0 Å². The predicted octanol–water partition coefficient (Wildman–Crippen LogP) is 3.07. The summed E-state index contributed by atoms with van der Waals surface area (Å²) in [4.78, 5) is 10.9. The molecule has 0 spiro atoms. The molecular formula is C12H20O2. The molecule has 14 heavy (non-hydrogen) atoms. The Kier molecular flexibility index (Phi) is 3.73. The number of esters is 1. The second-order valence-electron chi connectivity index (χ2n) is 4.50. The van der Waals surface area contributed by atoms with E-state index in [0.717, 1.165) is 12.8 Å². The molecule has 0 aromatic rings. The average Bonchev–Trinajstić information content (AvgIpc) is 2.01. The van der Waals surface area contributed by atoms with E-state index in [1.54, 1.807) is 0 Å². The number of carbonyl (C=O) groups excluding carboxylic acids is 1. The van der Waals surface area contributed by atoms with Crippen molar-refractivity contribution >= 4 is 5.97 Å². The maximum Gasteiger partial charge on any atom is 0.303 e. The third-order valence-corrected chi connectivity index (χ3v) is 2.86. The molecule has 0 unspecified atom stereocenters.